The van der Waals surface area contributed by atoms with Crippen molar-refractivity contribution < 1.29 is 35.6 Å². The molecule has 0 saturated heterocycles. The molecule has 0 fully saturated rings. The number of carbonyl (C=O) groups is 1. The van der Waals surface area contributed by atoms with Gasteiger partial charge in [-0.15, -0.1) is 0 Å². The number of furan rings is 1. The summed E-state index contributed by atoms with van der Waals surface area (Å²) in [5, 5.41) is 11.1. The van der Waals surface area contributed by atoms with Crippen LogP contribution in [0.2, 0.25) is 5.02 Å². The zero-order chi connectivity index (χ0) is 26.9. The van der Waals surface area contributed by atoms with Crippen LogP contribution in [0.4, 0.5) is 37.8 Å². The molecule has 3 N–H and O–H groups in total. The van der Waals surface area contributed by atoms with E-state index in [-0.39, 0.29) is 33.5 Å². The van der Waals surface area contributed by atoms with E-state index >= 15 is 0 Å². The molecular formula is C23H14ClF6N5O2. The average molecular weight is 542 g/mol. The van der Waals surface area contributed by atoms with Gasteiger partial charge in [0.25, 0.3) is 5.91 Å². The molecule has 0 aliphatic rings. The van der Waals surface area contributed by atoms with E-state index in [1.165, 1.54) is 19.1 Å². The van der Waals surface area contributed by atoms with E-state index in [4.69, 9.17) is 11.6 Å². The van der Waals surface area contributed by atoms with Crippen LogP contribution in [-0.4, -0.2) is 22.1 Å². The number of amides is 1. The fraction of sp³-hybridized carbons (Fsp3) is 0.0870. The number of alkyl halides is 3. The molecular weight excluding hydrogens is 528 g/mol. The number of H-pyrrole nitrogens is 1. The second kappa shape index (κ2) is 10.0. The lowest BCUT2D eigenvalue weighted by Gasteiger charge is -2.12. The Labute approximate surface area is 209 Å². The van der Waals surface area contributed by atoms with Crippen molar-refractivity contribution >= 4 is 35.0 Å². The quantitative estimate of drug-likeness (QED) is 0.154. The Morgan fingerprint density at radius 3 is 2.32 bits per heavy atom. The highest BCUT2D eigenvalue weighted by Gasteiger charge is 2.40. The maximum atomic E-state index is 13.8. The fourth-order valence-corrected chi connectivity index (χ4v) is 3.48. The number of aromatic nitrogens is 2. The highest BCUT2D eigenvalue weighted by molar-refractivity contribution is 6.31. The number of halogens is 7. The Bertz CT molecular complexity index is 1470. The Morgan fingerprint density at radius 2 is 1.68 bits per heavy atom. The summed E-state index contributed by atoms with van der Waals surface area (Å²) in [5.41, 5.74) is -0.604. The van der Waals surface area contributed by atoms with E-state index in [0.29, 0.717) is 6.07 Å². The number of aromatic amines is 1. The first-order chi connectivity index (χ1) is 17.4. The lowest BCUT2D eigenvalue weighted by molar-refractivity contribution is -0.153. The first-order valence-corrected chi connectivity index (χ1v) is 10.6. The van der Waals surface area contributed by atoms with Crippen LogP contribution in [0, 0.1) is 24.4 Å². The third-order valence-electron chi connectivity index (χ3n) is 4.68. The number of hydrogen-bond donors (Lipinski definition) is 3. The molecule has 0 bridgehead atoms. The summed E-state index contributed by atoms with van der Waals surface area (Å²) < 4.78 is 85.5. The summed E-state index contributed by atoms with van der Waals surface area (Å²) in [7, 11) is 0. The minimum atomic E-state index is -4.96. The van der Waals surface area contributed by atoms with Gasteiger partial charge in [-0.1, -0.05) is 11.6 Å². The summed E-state index contributed by atoms with van der Waals surface area (Å²) >= 11 is 5.84. The van der Waals surface area contributed by atoms with Crippen molar-refractivity contribution in [2.45, 2.75) is 13.1 Å². The monoisotopic (exact) mass is 541 g/mol. The lowest BCUT2D eigenvalue weighted by Crippen LogP contribution is -2.36. The zero-order valence-electron chi connectivity index (χ0n) is 18.5. The number of nitrogens with zero attached hydrogens (tertiary/aromatic N) is 2. The van der Waals surface area contributed by atoms with Crippen LogP contribution in [-0.2, 0) is 6.18 Å². The van der Waals surface area contributed by atoms with Gasteiger partial charge in [0.2, 0.25) is 11.7 Å². The normalized spacial score (nSPS) is 12.1. The van der Waals surface area contributed by atoms with Crippen molar-refractivity contribution in [1.82, 2.24) is 15.5 Å². The third-order valence-corrected chi connectivity index (χ3v) is 4.90. The van der Waals surface area contributed by atoms with Gasteiger partial charge in [-0.3, -0.25) is 15.2 Å². The predicted octanol–water partition coefficient (Wildman–Crippen LogP) is 6.60. The predicted molar refractivity (Wildman–Crippen MR) is 122 cm³/mol. The molecule has 2 heterocycles. The van der Waals surface area contributed by atoms with Crippen LogP contribution < -0.4 is 10.6 Å². The van der Waals surface area contributed by atoms with E-state index < -0.39 is 46.8 Å². The number of aryl methyl sites for hydroxylation is 1. The first kappa shape index (κ1) is 25.8. The van der Waals surface area contributed by atoms with Crippen LogP contribution in [0.1, 0.15) is 21.9 Å². The number of benzene rings is 2. The SMILES string of the molecule is Cc1cc(C(=O)NC(=Nc2cc(-c3cc(F)cc(F)c3)[nH]n2)Nc2cc(F)cc(Cl)c2)c(C(F)(F)F)o1. The summed E-state index contributed by atoms with van der Waals surface area (Å²) in [6.07, 6.45) is -4.96. The molecule has 0 aliphatic carbocycles. The standard InChI is InChI=1S/C23H14ClF6N5O2/c1-10-2-17(20(37-10)23(28,29)30)21(36)33-22(31-16-6-12(24)5-15(27)8-16)32-19-9-18(34-35-19)11-3-13(25)7-14(26)4-11/h2-9H,1H3,(H3,31,32,33,34,35,36). The number of rotatable bonds is 4. The Hall–Kier alpha value is -4.26. The Morgan fingerprint density at radius 1 is 1.00 bits per heavy atom. The number of nitrogens with one attached hydrogen (secondary N) is 3. The summed E-state index contributed by atoms with van der Waals surface area (Å²) in [6, 6.07) is 8.13. The maximum Gasteiger partial charge on any atom is 0.450 e. The topological polar surface area (TPSA) is 95.3 Å². The van der Waals surface area contributed by atoms with Crippen molar-refractivity contribution in [3.8, 4) is 11.3 Å². The molecule has 0 aliphatic heterocycles. The largest absolute Gasteiger partial charge is 0.456 e. The number of carbonyl (C=O) groups excluding carboxylic acids is 1. The van der Waals surface area contributed by atoms with Crippen molar-refractivity contribution in [3.05, 3.63) is 88.1 Å². The van der Waals surface area contributed by atoms with Gasteiger partial charge in [-0.05, 0) is 43.3 Å². The molecule has 0 radical (unpaired) electrons. The fourth-order valence-electron chi connectivity index (χ4n) is 3.26. The van der Waals surface area contributed by atoms with E-state index in [2.05, 4.69) is 30.2 Å². The van der Waals surface area contributed by atoms with Crippen molar-refractivity contribution in [2.75, 3.05) is 5.32 Å². The number of anilines is 1. The van der Waals surface area contributed by atoms with Gasteiger partial charge < -0.3 is 9.73 Å². The molecule has 2 aromatic carbocycles. The molecule has 192 valence electrons. The van der Waals surface area contributed by atoms with Crippen molar-refractivity contribution in [1.29, 1.82) is 0 Å². The van der Waals surface area contributed by atoms with Crippen molar-refractivity contribution in [2.24, 2.45) is 4.99 Å². The van der Waals surface area contributed by atoms with Crippen LogP contribution in [0.3, 0.4) is 0 Å². The van der Waals surface area contributed by atoms with Crippen LogP contribution in [0.15, 0.2) is 57.9 Å². The van der Waals surface area contributed by atoms with Gasteiger partial charge in [0.1, 0.15) is 23.2 Å². The molecule has 1 amide bonds. The minimum absolute atomic E-state index is 0.00794. The smallest absolute Gasteiger partial charge is 0.450 e. The van der Waals surface area contributed by atoms with Crippen molar-refractivity contribution in [3.63, 3.8) is 0 Å². The molecule has 0 spiro atoms. The minimum Gasteiger partial charge on any atom is -0.456 e. The number of guanidine groups is 1. The van der Waals surface area contributed by atoms with E-state index in [1.54, 1.807) is 0 Å². The molecule has 14 heteroatoms. The Kier molecular flexibility index (Phi) is 6.99. The molecule has 0 atom stereocenters. The van der Waals surface area contributed by atoms with Gasteiger partial charge in [0, 0.05) is 28.4 Å². The van der Waals surface area contributed by atoms with Crippen LogP contribution in [0.25, 0.3) is 11.3 Å². The first-order valence-electron chi connectivity index (χ1n) is 10.2. The lowest BCUT2D eigenvalue weighted by atomic mass is 10.1. The molecule has 4 rings (SSSR count). The Balaban J connectivity index is 1.70. The van der Waals surface area contributed by atoms with E-state index in [9.17, 15) is 31.1 Å². The molecule has 0 saturated carbocycles. The summed E-state index contributed by atoms with van der Waals surface area (Å²) in [4.78, 5) is 16.8. The van der Waals surface area contributed by atoms with E-state index in [1.807, 2.05) is 0 Å². The number of aliphatic imine (C=N–C) groups is 1. The van der Waals surface area contributed by atoms with Gasteiger partial charge in [0.15, 0.2) is 5.82 Å². The van der Waals surface area contributed by atoms with Gasteiger partial charge in [0.05, 0.1) is 11.3 Å². The van der Waals surface area contributed by atoms with E-state index in [0.717, 1.165) is 30.3 Å². The molecule has 37 heavy (non-hydrogen) atoms. The van der Waals surface area contributed by atoms with Gasteiger partial charge >= 0.3 is 6.18 Å². The average Bonchev–Trinajstić information content (AvgIpc) is 3.39. The molecule has 2 aromatic heterocycles. The van der Waals surface area contributed by atoms with Crippen LogP contribution in [0.5, 0.6) is 0 Å². The van der Waals surface area contributed by atoms with Crippen LogP contribution >= 0.6 is 11.6 Å². The second-order valence-corrected chi connectivity index (χ2v) is 8.03. The number of hydrogen-bond acceptors (Lipinski definition) is 4. The summed E-state index contributed by atoms with van der Waals surface area (Å²) in [6.45, 7) is 1.23. The molecule has 0 unspecified atom stereocenters. The highest BCUT2D eigenvalue weighted by Crippen LogP contribution is 2.34. The van der Waals surface area contributed by atoms with Gasteiger partial charge in [-0.2, -0.15) is 23.3 Å². The third kappa shape index (κ3) is 6.30. The van der Waals surface area contributed by atoms with Gasteiger partial charge in [-0.25, -0.2) is 13.2 Å². The summed E-state index contributed by atoms with van der Waals surface area (Å²) in [5.74, 6) is -6.00. The zero-order valence-corrected chi connectivity index (χ0v) is 19.2. The maximum absolute atomic E-state index is 13.8. The highest BCUT2D eigenvalue weighted by atomic mass is 35.5. The molecule has 4 aromatic rings. The molecule has 7 nitrogen and oxygen atoms in total. The second-order valence-electron chi connectivity index (χ2n) is 7.59.